The Morgan fingerprint density at radius 1 is 1.57 bits per heavy atom. The van der Waals surface area contributed by atoms with Gasteiger partial charge in [0.1, 0.15) is 5.54 Å². The third-order valence-electron chi connectivity index (χ3n) is 2.44. The number of ketones is 1. The summed E-state index contributed by atoms with van der Waals surface area (Å²) in [4.78, 5) is 22.7. The van der Waals surface area contributed by atoms with Crippen LogP contribution in [0.25, 0.3) is 0 Å². The first kappa shape index (κ1) is 11.4. The highest BCUT2D eigenvalue weighted by Crippen LogP contribution is 2.38. The topological polar surface area (TPSA) is 55.4 Å². The molecule has 0 aliphatic heterocycles. The number of rotatable bonds is 4. The maximum atomic E-state index is 11.8. The molecule has 80 valence electrons. The quantitative estimate of drug-likeness (QED) is 0.695. The normalized spacial score (nSPS) is 19.6. The average Bonchev–Trinajstić information content (AvgIpc) is 2.96. The van der Waals surface area contributed by atoms with Gasteiger partial charge in [-0.05, 0) is 19.3 Å². The van der Waals surface area contributed by atoms with Crippen LogP contribution in [0.15, 0.2) is 0 Å². The number of carbonyl (C=O) groups excluding carboxylic acids is 2. The number of alkyl carbamates (subject to hydrolysis) is 1. The zero-order valence-electron chi connectivity index (χ0n) is 8.37. The van der Waals surface area contributed by atoms with Gasteiger partial charge in [0.05, 0.1) is 12.4 Å². The minimum Gasteiger partial charge on any atom is -0.453 e. The maximum Gasteiger partial charge on any atom is 0.407 e. The van der Waals surface area contributed by atoms with E-state index in [1.54, 1.807) is 0 Å². The van der Waals surface area contributed by atoms with E-state index in [4.69, 9.17) is 0 Å². The predicted octanol–water partition coefficient (Wildman–Crippen LogP) is 1.15. The van der Waals surface area contributed by atoms with E-state index < -0.39 is 11.6 Å². The Labute approximate surface area is 88.8 Å². The number of thiol groups is 1. The third kappa shape index (κ3) is 2.20. The van der Waals surface area contributed by atoms with Gasteiger partial charge in [0.15, 0.2) is 5.78 Å². The van der Waals surface area contributed by atoms with Crippen molar-refractivity contribution >= 4 is 24.5 Å². The summed E-state index contributed by atoms with van der Waals surface area (Å²) < 4.78 is 4.46. The van der Waals surface area contributed by atoms with Crippen LogP contribution in [-0.4, -0.2) is 29.8 Å². The summed E-state index contributed by atoms with van der Waals surface area (Å²) in [5, 5.41) is 2.28. The molecule has 4 nitrogen and oxygen atoms in total. The Bertz CT molecular complexity index is 250. The molecule has 0 aromatic heterocycles. The fourth-order valence-corrected chi connectivity index (χ4v) is 1.56. The molecule has 0 radical (unpaired) electrons. The molecule has 1 amide bonds. The molecule has 1 fully saturated rings. The van der Waals surface area contributed by atoms with Gasteiger partial charge in [-0.3, -0.25) is 4.79 Å². The zero-order valence-corrected chi connectivity index (χ0v) is 9.27. The maximum absolute atomic E-state index is 11.8. The van der Waals surface area contributed by atoms with Crippen molar-refractivity contribution in [3.63, 3.8) is 0 Å². The molecule has 1 saturated carbocycles. The third-order valence-corrected chi connectivity index (χ3v) is 3.04. The van der Waals surface area contributed by atoms with Crippen molar-refractivity contribution in [2.24, 2.45) is 0 Å². The number of nitrogens with one attached hydrogen (secondary N) is 1. The lowest BCUT2D eigenvalue weighted by Crippen LogP contribution is -2.46. The Morgan fingerprint density at radius 3 is 2.50 bits per heavy atom. The van der Waals surface area contributed by atoms with Gasteiger partial charge in [0, 0.05) is 0 Å². The van der Waals surface area contributed by atoms with Crippen LogP contribution in [0.5, 0.6) is 0 Å². The minimum absolute atomic E-state index is 0.00580. The molecule has 1 aliphatic carbocycles. The first-order valence-electron chi connectivity index (χ1n) is 4.64. The zero-order chi connectivity index (χ0) is 10.8. The van der Waals surface area contributed by atoms with E-state index in [-0.39, 0.29) is 11.0 Å². The SMILES string of the molecule is CCC(S)C(=O)C1(NC(=O)OC)CC1. The van der Waals surface area contributed by atoms with Gasteiger partial charge in [0.25, 0.3) is 0 Å². The van der Waals surface area contributed by atoms with Gasteiger partial charge in [-0.25, -0.2) is 4.79 Å². The van der Waals surface area contributed by atoms with Crippen molar-refractivity contribution in [3.8, 4) is 0 Å². The smallest absolute Gasteiger partial charge is 0.407 e. The van der Waals surface area contributed by atoms with Crippen LogP contribution in [0.2, 0.25) is 0 Å². The number of Topliss-reactive ketones (excluding diaryl/α,β-unsaturated/α-hetero) is 1. The first-order valence-corrected chi connectivity index (χ1v) is 5.16. The van der Waals surface area contributed by atoms with E-state index in [0.717, 1.165) is 0 Å². The summed E-state index contributed by atoms with van der Waals surface area (Å²) in [6.45, 7) is 1.89. The summed E-state index contributed by atoms with van der Waals surface area (Å²) >= 11 is 4.17. The molecular weight excluding hydrogens is 202 g/mol. The van der Waals surface area contributed by atoms with E-state index in [2.05, 4.69) is 22.7 Å². The van der Waals surface area contributed by atoms with Crippen LogP contribution in [0, 0.1) is 0 Å². The van der Waals surface area contributed by atoms with Crippen LogP contribution >= 0.6 is 12.6 Å². The summed E-state index contributed by atoms with van der Waals surface area (Å²) in [6.07, 6.45) is 1.51. The summed E-state index contributed by atoms with van der Waals surface area (Å²) in [5.74, 6) is -0.00580. The fraction of sp³-hybridized carbons (Fsp3) is 0.778. The van der Waals surface area contributed by atoms with Crippen molar-refractivity contribution in [2.45, 2.75) is 37.0 Å². The number of methoxy groups -OCH3 is 1. The highest BCUT2D eigenvalue weighted by atomic mass is 32.1. The summed E-state index contributed by atoms with van der Waals surface area (Å²) in [5.41, 5.74) is -0.685. The molecular formula is C9H15NO3S. The Hall–Kier alpha value is -0.710. The average molecular weight is 217 g/mol. The van der Waals surface area contributed by atoms with Crippen molar-refractivity contribution in [1.29, 1.82) is 0 Å². The number of amides is 1. The van der Waals surface area contributed by atoms with E-state index in [1.165, 1.54) is 7.11 Å². The summed E-state index contributed by atoms with van der Waals surface area (Å²) in [7, 11) is 1.29. The van der Waals surface area contributed by atoms with Gasteiger partial charge in [-0.15, -0.1) is 0 Å². The van der Waals surface area contributed by atoms with Gasteiger partial charge in [-0.1, -0.05) is 6.92 Å². The van der Waals surface area contributed by atoms with Crippen LogP contribution in [0.4, 0.5) is 4.79 Å². The lowest BCUT2D eigenvalue weighted by atomic mass is 10.1. The highest BCUT2D eigenvalue weighted by Gasteiger charge is 2.52. The molecule has 0 spiro atoms. The molecule has 0 heterocycles. The number of hydrogen-bond donors (Lipinski definition) is 2. The van der Waals surface area contributed by atoms with Crippen LogP contribution < -0.4 is 5.32 Å². The molecule has 1 rings (SSSR count). The molecule has 5 heteroatoms. The Balaban J connectivity index is 2.57. The monoisotopic (exact) mass is 217 g/mol. The molecule has 1 atom stereocenters. The van der Waals surface area contributed by atoms with Crippen molar-refractivity contribution in [1.82, 2.24) is 5.32 Å². The van der Waals surface area contributed by atoms with Crippen molar-refractivity contribution < 1.29 is 14.3 Å². The number of ether oxygens (including phenoxy) is 1. The van der Waals surface area contributed by atoms with Gasteiger partial charge in [0.2, 0.25) is 0 Å². The molecule has 1 N–H and O–H groups in total. The molecule has 0 bridgehead atoms. The molecule has 1 aliphatic rings. The lowest BCUT2D eigenvalue weighted by Gasteiger charge is -2.18. The molecule has 14 heavy (non-hydrogen) atoms. The molecule has 0 aromatic rings. The largest absolute Gasteiger partial charge is 0.453 e. The van der Waals surface area contributed by atoms with E-state index >= 15 is 0 Å². The highest BCUT2D eigenvalue weighted by molar-refractivity contribution is 7.81. The summed E-state index contributed by atoms with van der Waals surface area (Å²) in [6, 6.07) is 0. The Kier molecular flexibility index (Phi) is 3.42. The van der Waals surface area contributed by atoms with Crippen molar-refractivity contribution in [3.05, 3.63) is 0 Å². The number of hydrogen-bond acceptors (Lipinski definition) is 4. The Morgan fingerprint density at radius 2 is 2.14 bits per heavy atom. The number of carbonyl (C=O) groups is 2. The molecule has 0 saturated heterocycles. The molecule has 0 aromatic carbocycles. The second kappa shape index (κ2) is 4.21. The second-order valence-corrected chi connectivity index (χ2v) is 4.11. The predicted molar refractivity (Wildman–Crippen MR) is 55.6 cm³/mol. The van der Waals surface area contributed by atoms with E-state index in [9.17, 15) is 9.59 Å². The van der Waals surface area contributed by atoms with E-state index in [1.807, 2.05) is 6.92 Å². The molecule has 1 unspecified atom stereocenters. The van der Waals surface area contributed by atoms with Gasteiger partial charge >= 0.3 is 6.09 Å². The minimum atomic E-state index is -0.685. The lowest BCUT2D eigenvalue weighted by molar-refractivity contribution is -0.121. The van der Waals surface area contributed by atoms with Gasteiger partial charge < -0.3 is 10.1 Å². The van der Waals surface area contributed by atoms with Crippen LogP contribution in [-0.2, 0) is 9.53 Å². The fourth-order valence-electron chi connectivity index (χ4n) is 1.31. The van der Waals surface area contributed by atoms with Crippen LogP contribution in [0.1, 0.15) is 26.2 Å². The first-order chi connectivity index (χ1) is 6.55. The van der Waals surface area contributed by atoms with Crippen LogP contribution in [0.3, 0.4) is 0 Å². The van der Waals surface area contributed by atoms with E-state index in [0.29, 0.717) is 19.3 Å². The van der Waals surface area contributed by atoms with Gasteiger partial charge in [-0.2, -0.15) is 12.6 Å². The van der Waals surface area contributed by atoms with Crippen molar-refractivity contribution in [2.75, 3.05) is 7.11 Å². The standard InChI is InChI=1S/C9H15NO3S/c1-3-6(14)7(11)9(4-5-9)10-8(12)13-2/h6,14H,3-5H2,1-2H3,(H,10,12). The second-order valence-electron chi connectivity index (χ2n) is 3.49.